The van der Waals surface area contributed by atoms with Crippen LogP contribution in [0.1, 0.15) is 5.56 Å². The van der Waals surface area contributed by atoms with Crippen molar-refractivity contribution in [1.82, 2.24) is 0 Å². The Morgan fingerprint density at radius 1 is 0.273 bits per heavy atom. The minimum absolute atomic E-state index is 0.664. The van der Waals surface area contributed by atoms with Gasteiger partial charge in [0.05, 0.1) is 11.6 Å². The minimum atomic E-state index is 0.664. The Morgan fingerprint density at radius 3 is 1.07 bits per heavy atom. The molecule has 1 nitrogen and oxygen atoms in total. The minimum Gasteiger partial charge on any atom is -0.192 e. The normalized spacial score (nSPS) is 10.7. The molecule has 0 aromatic heterocycles. The highest BCUT2D eigenvalue weighted by Gasteiger charge is 2.10. The Bertz CT molecular complexity index is 2080. The van der Waals surface area contributed by atoms with E-state index in [9.17, 15) is 5.26 Å². The van der Waals surface area contributed by atoms with E-state index < -0.39 is 0 Å². The molecule has 206 valence electrons. The van der Waals surface area contributed by atoms with Crippen LogP contribution in [0, 0.1) is 11.3 Å². The Morgan fingerprint density at radius 2 is 0.591 bits per heavy atom. The Balaban J connectivity index is 1.16. The van der Waals surface area contributed by atoms with Crippen LogP contribution in [0.4, 0.5) is 0 Å². The molecule has 44 heavy (non-hydrogen) atoms. The van der Waals surface area contributed by atoms with E-state index in [1.807, 2.05) is 18.2 Å². The monoisotopic (exact) mass is 559 g/mol. The third-order valence-electron chi connectivity index (χ3n) is 8.16. The van der Waals surface area contributed by atoms with Crippen molar-refractivity contribution < 1.29 is 0 Å². The molecule has 0 bridgehead atoms. The molecule has 7 rings (SSSR count). The summed E-state index contributed by atoms with van der Waals surface area (Å²) in [6, 6.07) is 63.8. The highest BCUT2D eigenvalue weighted by atomic mass is 14.3. The van der Waals surface area contributed by atoms with Gasteiger partial charge in [0.1, 0.15) is 0 Å². The van der Waals surface area contributed by atoms with E-state index >= 15 is 0 Å². The van der Waals surface area contributed by atoms with Gasteiger partial charge in [-0.15, -0.1) is 0 Å². The van der Waals surface area contributed by atoms with E-state index in [0.29, 0.717) is 5.56 Å². The molecule has 7 aromatic carbocycles. The fourth-order valence-electron chi connectivity index (χ4n) is 5.78. The molecule has 0 aliphatic heterocycles. The smallest absolute Gasteiger partial charge is 0.0998 e. The van der Waals surface area contributed by atoms with Gasteiger partial charge in [0.15, 0.2) is 0 Å². The Labute approximate surface area is 259 Å². The molecule has 0 spiro atoms. The highest BCUT2D eigenvalue weighted by Crippen LogP contribution is 2.34. The summed E-state index contributed by atoms with van der Waals surface area (Å²) in [6.45, 7) is 0. The average molecular weight is 560 g/mol. The van der Waals surface area contributed by atoms with Crippen molar-refractivity contribution in [3.05, 3.63) is 181 Å². The molecule has 0 heterocycles. The summed E-state index contributed by atoms with van der Waals surface area (Å²) in [7, 11) is 0. The van der Waals surface area contributed by atoms with Crippen molar-refractivity contribution in [2.24, 2.45) is 0 Å². The van der Waals surface area contributed by atoms with Gasteiger partial charge in [-0.25, -0.2) is 0 Å². The summed E-state index contributed by atoms with van der Waals surface area (Å²) < 4.78 is 0. The molecule has 0 saturated heterocycles. The molecule has 7 aromatic rings. The second-order valence-corrected chi connectivity index (χ2v) is 10.9. The maximum Gasteiger partial charge on any atom is 0.0998 e. The number of nitrogens with zero attached hydrogens (tertiary/aromatic N) is 1. The first kappa shape index (κ1) is 26.9. The van der Waals surface area contributed by atoms with E-state index in [4.69, 9.17) is 0 Å². The summed E-state index contributed by atoms with van der Waals surface area (Å²) in [5.74, 6) is 0. The van der Waals surface area contributed by atoms with Gasteiger partial charge < -0.3 is 0 Å². The number of rotatable bonds is 6. The molecule has 0 amide bonds. The van der Waals surface area contributed by atoms with Crippen LogP contribution in [0.2, 0.25) is 0 Å². The summed E-state index contributed by atoms with van der Waals surface area (Å²) in [6.07, 6.45) is 0. The zero-order valence-electron chi connectivity index (χ0n) is 24.2. The Hall–Kier alpha value is -5.97. The lowest BCUT2D eigenvalue weighted by Crippen LogP contribution is -1.89. The second-order valence-electron chi connectivity index (χ2n) is 10.9. The second kappa shape index (κ2) is 12.1. The molecule has 0 atom stereocenters. The fourth-order valence-corrected chi connectivity index (χ4v) is 5.78. The van der Waals surface area contributed by atoms with Gasteiger partial charge in [-0.3, -0.25) is 0 Å². The van der Waals surface area contributed by atoms with Crippen molar-refractivity contribution in [2.45, 2.75) is 0 Å². The maximum absolute atomic E-state index is 10.2. The third-order valence-corrected chi connectivity index (χ3v) is 8.16. The topological polar surface area (TPSA) is 23.8 Å². The summed E-state index contributed by atoms with van der Waals surface area (Å²) in [5, 5.41) is 10.2. The summed E-state index contributed by atoms with van der Waals surface area (Å²) >= 11 is 0. The molecular weight excluding hydrogens is 530 g/mol. The van der Waals surface area contributed by atoms with E-state index in [-0.39, 0.29) is 0 Å². The fraction of sp³-hybridized carbons (Fsp3) is 0. The van der Waals surface area contributed by atoms with E-state index in [1.165, 1.54) is 22.3 Å². The number of benzene rings is 7. The quantitative estimate of drug-likeness (QED) is 0.199. The first-order valence-corrected chi connectivity index (χ1v) is 14.8. The zero-order chi connectivity index (χ0) is 29.7. The van der Waals surface area contributed by atoms with Crippen molar-refractivity contribution in [3.8, 4) is 72.8 Å². The van der Waals surface area contributed by atoms with Crippen LogP contribution < -0.4 is 0 Å². The Kier molecular flexibility index (Phi) is 7.40. The van der Waals surface area contributed by atoms with Gasteiger partial charge in [0.2, 0.25) is 0 Å². The predicted octanol–water partition coefficient (Wildman–Crippen LogP) is 11.6. The molecule has 0 saturated carbocycles. The van der Waals surface area contributed by atoms with Crippen LogP contribution in [0.3, 0.4) is 0 Å². The van der Waals surface area contributed by atoms with Crippen LogP contribution in [-0.4, -0.2) is 0 Å². The molecule has 0 aliphatic carbocycles. The van der Waals surface area contributed by atoms with E-state index in [0.717, 1.165) is 44.5 Å². The van der Waals surface area contributed by atoms with Crippen LogP contribution in [-0.2, 0) is 0 Å². The van der Waals surface area contributed by atoms with E-state index in [1.54, 1.807) is 0 Å². The summed E-state index contributed by atoms with van der Waals surface area (Å²) in [4.78, 5) is 0. The lowest BCUT2D eigenvalue weighted by Gasteiger charge is -2.11. The van der Waals surface area contributed by atoms with Crippen LogP contribution in [0.25, 0.3) is 66.8 Å². The molecule has 0 radical (unpaired) electrons. The number of nitriles is 1. The molecule has 0 unspecified atom stereocenters. The van der Waals surface area contributed by atoms with Gasteiger partial charge in [-0.2, -0.15) is 5.26 Å². The van der Waals surface area contributed by atoms with Gasteiger partial charge in [0.25, 0.3) is 0 Å². The molecule has 0 N–H and O–H groups in total. The number of hydrogen-bond acceptors (Lipinski definition) is 1. The van der Waals surface area contributed by atoms with Crippen molar-refractivity contribution >= 4 is 0 Å². The maximum atomic E-state index is 10.2. The average Bonchev–Trinajstić information content (AvgIpc) is 3.12. The first-order chi connectivity index (χ1) is 21.7. The lowest BCUT2D eigenvalue weighted by atomic mass is 9.92. The van der Waals surface area contributed by atoms with Crippen molar-refractivity contribution in [3.63, 3.8) is 0 Å². The van der Waals surface area contributed by atoms with Crippen molar-refractivity contribution in [2.75, 3.05) is 0 Å². The van der Waals surface area contributed by atoms with Crippen molar-refractivity contribution in [1.29, 1.82) is 5.26 Å². The van der Waals surface area contributed by atoms with Gasteiger partial charge >= 0.3 is 0 Å². The number of hydrogen-bond donors (Lipinski definition) is 0. The largest absolute Gasteiger partial charge is 0.192 e. The van der Waals surface area contributed by atoms with Crippen LogP contribution >= 0.6 is 0 Å². The van der Waals surface area contributed by atoms with E-state index in [2.05, 4.69) is 164 Å². The standard InChI is InChI=1S/C43H29N/c44-30-42-29-40(39-15-7-13-37(27-39)35-21-17-33(18-22-35)31-9-3-1-4-10-31)25-26-43(42)41-16-8-14-38(28-41)36-23-19-34(20-24-36)32-11-5-2-6-12-32/h1-29H. The van der Waals surface area contributed by atoms with Gasteiger partial charge in [0, 0.05) is 0 Å². The predicted molar refractivity (Wildman–Crippen MR) is 184 cm³/mol. The van der Waals surface area contributed by atoms with Crippen LogP contribution in [0.5, 0.6) is 0 Å². The van der Waals surface area contributed by atoms with Gasteiger partial charge in [-0.05, 0) is 85.0 Å². The molecule has 0 aliphatic rings. The highest BCUT2D eigenvalue weighted by molar-refractivity contribution is 5.81. The molecule has 0 fully saturated rings. The van der Waals surface area contributed by atoms with Crippen LogP contribution in [0.15, 0.2) is 176 Å². The SMILES string of the molecule is N#Cc1cc(-c2cccc(-c3ccc(-c4ccccc4)cc3)c2)ccc1-c1cccc(-c2ccc(-c3ccccc3)cc2)c1. The lowest BCUT2D eigenvalue weighted by molar-refractivity contribution is 1.47. The zero-order valence-corrected chi connectivity index (χ0v) is 24.2. The molecule has 1 heteroatoms. The molecular formula is C43H29N. The van der Waals surface area contributed by atoms with Gasteiger partial charge in [-0.1, -0.05) is 158 Å². The summed E-state index contributed by atoms with van der Waals surface area (Å²) in [5.41, 5.74) is 14.2. The third kappa shape index (κ3) is 5.58. The first-order valence-electron chi connectivity index (χ1n) is 14.8.